The van der Waals surface area contributed by atoms with Crippen LogP contribution in [-0.2, 0) is 4.79 Å². The predicted octanol–water partition coefficient (Wildman–Crippen LogP) is 5.00. The predicted molar refractivity (Wildman–Crippen MR) is 143 cm³/mol. The van der Waals surface area contributed by atoms with Crippen LogP contribution in [0.25, 0.3) is 11.3 Å². The van der Waals surface area contributed by atoms with Crippen LogP contribution in [0.1, 0.15) is 53.1 Å². The first-order chi connectivity index (χ1) is 18.7. The minimum Gasteiger partial charge on any atom is -0.486 e. The van der Waals surface area contributed by atoms with E-state index in [1.54, 1.807) is 17.9 Å². The highest BCUT2D eigenvalue weighted by Crippen LogP contribution is 2.40. The van der Waals surface area contributed by atoms with Gasteiger partial charge in [0.2, 0.25) is 11.9 Å². The maximum atomic E-state index is 14.8. The van der Waals surface area contributed by atoms with Gasteiger partial charge in [0.15, 0.2) is 5.75 Å². The molecule has 2 aromatic carbocycles. The molecule has 2 amide bonds. The molecule has 202 valence electrons. The van der Waals surface area contributed by atoms with Crippen molar-refractivity contribution in [2.45, 2.75) is 44.6 Å². The molecule has 10 heteroatoms. The molecule has 1 aliphatic carbocycles. The van der Waals surface area contributed by atoms with Gasteiger partial charge in [-0.3, -0.25) is 9.59 Å². The Hall–Kier alpha value is -4.34. The number of nitrogen functional groups attached to an aromatic ring is 1. The smallest absolute Gasteiger partial charge is 0.258 e. The largest absolute Gasteiger partial charge is 0.486 e. The summed E-state index contributed by atoms with van der Waals surface area (Å²) in [6.45, 7) is 6.23. The number of amides is 2. The van der Waals surface area contributed by atoms with E-state index in [-0.39, 0.29) is 34.9 Å². The van der Waals surface area contributed by atoms with E-state index >= 15 is 0 Å². The Morgan fingerprint density at radius 3 is 2.56 bits per heavy atom. The zero-order chi connectivity index (χ0) is 27.7. The van der Waals surface area contributed by atoms with Gasteiger partial charge in [-0.25, -0.2) is 18.7 Å². The normalized spacial score (nSPS) is 15.6. The Kier molecular flexibility index (Phi) is 7.28. The van der Waals surface area contributed by atoms with Crippen molar-refractivity contribution in [1.82, 2.24) is 14.9 Å². The van der Waals surface area contributed by atoms with Crippen molar-refractivity contribution in [3.05, 3.63) is 77.5 Å². The van der Waals surface area contributed by atoms with E-state index < -0.39 is 17.5 Å². The molecule has 0 bridgehead atoms. The molecule has 1 saturated carbocycles. The lowest BCUT2D eigenvalue weighted by atomic mass is 10.0. The highest BCUT2D eigenvalue weighted by Gasteiger charge is 2.27. The van der Waals surface area contributed by atoms with Crippen LogP contribution >= 0.6 is 0 Å². The van der Waals surface area contributed by atoms with Crippen molar-refractivity contribution < 1.29 is 23.1 Å². The molecule has 2 heterocycles. The number of hydrogen-bond acceptors (Lipinski definition) is 6. The molecule has 0 radical (unpaired) electrons. The molecule has 39 heavy (non-hydrogen) atoms. The number of rotatable bonds is 7. The number of ether oxygens (including phenoxy) is 1. The summed E-state index contributed by atoms with van der Waals surface area (Å²) in [6.07, 6.45) is 5.69. The molecule has 3 N–H and O–H groups in total. The summed E-state index contributed by atoms with van der Waals surface area (Å²) >= 11 is 0. The van der Waals surface area contributed by atoms with Crippen LogP contribution in [-0.4, -0.2) is 45.9 Å². The number of nitrogens with zero attached hydrogens (tertiary/aromatic N) is 3. The number of benzene rings is 2. The SMILES string of the molecule is C=CC(=O)N1CCC(Oc2cnc(N)nc2-c2cc(F)cc(NC(=O)c3ccc(C4CC4)cc3F)c2C)CC1. The molecule has 1 aliphatic heterocycles. The fourth-order valence-electron chi connectivity index (χ4n) is 4.80. The van der Waals surface area contributed by atoms with E-state index in [0.717, 1.165) is 18.4 Å². The molecule has 0 atom stereocenters. The van der Waals surface area contributed by atoms with Crippen molar-refractivity contribution in [2.75, 3.05) is 24.1 Å². The highest BCUT2D eigenvalue weighted by atomic mass is 19.1. The van der Waals surface area contributed by atoms with Gasteiger partial charge in [-0.15, -0.1) is 0 Å². The van der Waals surface area contributed by atoms with E-state index in [2.05, 4.69) is 21.9 Å². The molecule has 8 nitrogen and oxygen atoms in total. The van der Waals surface area contributed by atoms with Crippen LogP contribution in [0.5, 0.6) is 5.75 Å². The zero-order valence-corrected chi connectivity index (χ0v) is 21.5. The second-order valence-electron chi connectivity index (χ2n) is 9.88. The Morgan fingerprint density at radius 2 is 1.90 bits per heavy atom. The van der Waals surface area contributed by atoms with Gasteiger partial charge in [0, 0.05) is 37.2 Å². The van der Waals surface area contributed by atoms with Gasteiger partial charge in [-0.05, 0) is 67.2 Å². The van der Waals surface area contributed by atoms with Crippen LogP contribution in [0.4, 0.5) is 20.4 Å². The van der Waals surface area contributed by atoms with Gasteiger partial charge >= 0.3 is 0 Å². The molecule has 2 aliphatic rings. The minimum atomic E-state index is -0.686. The first-order valence-corrected chi connectivity index (χ1v) is 12.8. The van der Waals surface area contributed by atoms with Crippen molar-refractivity contribution in [2.24, 2.45) is 0 Å². The number of piperidine rings is 1. The Balaban J connectivity index is 1.40. The molecule has 0 spiro atoms. The second-order valence-corrected chi connectivity index (χ2v) is 9.88. The average Bonchev–Trinajstić information content (AvgIpc) is 3.77. The van der Waals surface area contributed by atoms with Crippen LogP contribution < -0.4 is 15.8 Å². The average molecular weight is 534 g/mol. The number of carbonyl (C=O) groups excluding carboxylic acids is 2. The maximum absolute atomic E-state index is 14.8. The fourth-order valence-corrected chi connectivity index (χ4v) is 4.80. The number of likely N-dealkylation sites (tertiary alicyclic amines) is 1. The molecular formula is C29H29F2N5O3. The van der Waals surface area contributed by atoms with E-state index in [0.29, 0.717) is 48.7 Å². The number of anilines is 2. The van der Waals surface area contributed by atoms with Crippen molar-refractivity contribution >= 4 is 23.5 Å². The molecule has 2 fully saturated rings. The monoisotopic (exact) mass is 533 g/mol. The van der Waals surface area contributed by atoms with Gasteiger partial charge in [-0.1, -0.05) is 12.6 Å². The molecule has 5 rings (SSSR count). The Morgan fingerprint density at radius 1 is 1.15 bits per heavy atom. The third-order valence-corrected chi connectivity index (χ3v) is 7.16. The maximum Gasteiger partial charge on any atom is 0.258 e. The molecule has 1 aromatic heterocycles. The first kappa shape index (κ1) is 26.3. The molecular weight excluding hydrogens is 504 g/mol. The summed E-state index contributed by atoms with van der Waals surface area (Å²) in [5, 5.41) is 2.64. The van der Waals surface area contributed by atoms with Crippen LogP contribution in [0.3, 0.4) is 0 Å². The number of nitrogens with two attached hydrogens (primary N) is 1. The number of hydrogen-bond donors (Lipinski definition) is 2. The van der Waals surface area contributed by atoms with E-state index in [1.807, 2.05) is 0 Å². The van der Waals surface area contributed by atoms with Gasteiger partial charge < -0.3 is 20.7 Å². The lowest BCUT2D eigenvalue weighted by Gasteiger charge is -2.31. The van der Waals surface area contributed by atoms with Crippen molar-refractivity contribution in [3.8, 4) is 17.0 Å². The topological polar surface area (TPSA) is 110 Å². The summed E-state index contributed by atoms with van der Waals surface area (Å²) in [5.41, 5.74) is 7.89. The fraction of sp³-hybridized carbons (Fsp3) is 0.310. The summed E-state index contributed by atoms with van der Waals surface area (Å²) < 4.78 is 35.7. The molecule has 3 aromatic rings. The van der Waals surface area contributed by atoms with Gasteiger partial charge in [0.25, 0.3) is 5.91 Å². The van der Waals surface area contributed by atoms with E-state index in [4.69, 9.17) is 10.5 Å². The summed E-state index contributed by atoms with van der Waals surface area (Å²) in [4.78, 5) is 34.9. The molecule has 1 saturated heterocycles. The number of halogens is 2. The standard InChI is InChI=1S/C29H29F2N5O3/c1-3-26(37)36-10-8-20(9-11-36)39-25-15-33-29(32)35-27(25)22-13-19(30)14-24(16(22)2)34-28(38)21-7-6-18(12-23(21)31)17-4-5-17/h3,6-7,12-15,17,20H,1,4-5,8-11H2,2H3,(H,34,38)(H2,32,33,35). The van der Waals surface area contributed by atoms with E-state index in [9.17, 15) is 18.4 Å². The Bertz CT molecular complexity index is 1450. The Labute approximate surface area is 224 Å². The third-order valence-electron chi connectivity index (χ3n) is 7.16. The second kappa shape index (κ2) is 10.8. The van der Waals surface area contributed by atoms with Gasteiger partial charge in [0.05, 0.1) is 11.8 Å². The van der Waals surface area contributed by atoms with Crippen molar-refractivity contribution in [1.29, 1.82) is 0 Å². The minimum absolute atomic E-state index is 0.0316. The third kappa shape index (κ3) is 5.74. The van der Waals surface area contributed by atoms with E-state index in [1.165, 1.54) is 36.5 Å². The quantitative estimate of drug-likeness (QED) is 0.414. The first-order valence-electron chi connectivity index (χ1n) is 12.8. The summed E-state index contributed by atoms with van der Waals surface area (Å²) in [7, 11) is 0. The number of nitrogens with one attached hydrogen (secondary N) is 1. The highest BCUT2D eigenvalue weighted by molar-refractivity contribution is 6.05. The molecule has 0 unspecified atom stereocenters. The summed E-state index contributed by atoms with van der Waals surface area (Å²) in [6, 6.07) is 7.05. The van der Waals surface area contributed by atoms with Crippen LogP contribution in [0.15, 0.2) is 49.2 Å². The zero-order valence-electron chi connectivity index (χ0n) is 21.5. The van der Waals surface area contributed by atoms with Crippen molar-refractivity contribution in [3.63, 3.8) is 0 Å². The lowest BCUT2D eigenvalue weighted by molar-refractivity contribution is -0.127. The van der Waals surface area contributed by atoms with Crippen LogP contribution in [0.2, 0.25) is 0 Å². The van der Waals surface area contributed by atoms with Crippen LogP contribution in [0, 0.1) is 18.6 Å². The van der Waals surface area contributed by atoms with Gasteiger partial charge in [-0.2, -0.15) is 0 Å². The number of carbonyl (C=O) groups is 2. The number of aromatic nitrogens is 2. The van der Waals surface area contributed by atoms with Gasteiger partial charge in [0.1, 0.15) is 23.4 Å². The lowest BCUT2D eigenvalue weighted by Crippen LogP contribution is -2.41. The summed E-state index contributed by atoms with van der Waals surface area (Å²) in [5.74, 6) is -1.45.